The van der Waals surface area contributed by atoms with E-state index < -0.39 is 5.97 Å². The molecule has 25 heavy (non-hydrogen) atoms. The van der Waals surface area contributed by atoms with Crippen molar-refractivity contribution in [2.24, 2.45) is 4.99 Å². The minimum absolute atomic E-state index is 0.0129. The molecule has 0 spiro atoms. The van der Waals surface area contributed by atoms with Gasteiger partial charge in [0.25, 0.3) is 0 Å². The summed E-state index contributed by atoms with van der Waals surface area (Å²) in [4.78, 5) is 16.8. The molecule has 0 saturated heterocycles. The molecule has 5 nitrogen and oxygen atoms in total. The van der Waals surface area contributed by atoms with Gasteiger partial charge in [0.1, 0.15) is 23.2 Å². The van der Waals surface area contributed by atoms with Crippen LogP contribution in [0.3, 0.4) is 0 Å². The maximum absolute atomic E-state index is 12.6. The zero-order valence-corrected chi connectivity index (χ0v) is 15.1. The summed E-state index contributed by atoms with van der Waals surface area (Å²) in [6.45, 7) is 1.78. The van der Waals surface area contributed by atoms with Crippen molar-refractivity contribution in [3.8, 4) is 11.5 Å². The number of ether oxygens (including phenoxy) is 1. The summed E-state index contributed by atoms with van der Waals surface area (Å²) < 4.78 is 5.42. The van der Waals surface area contributed by atoms with Gasteiger partial charge >= 0.3 is 5.97 Å². The number of rotatable bonds is 0. The van der Waals surface area contributed by atoms with Crippen LogP contribution in [0.2, 0.25) is 5.02 Å². The third-order valence-electron chi connectivity index (χ3n) is 3.92. The maximum atomic E-state index is 12.6. The third kappa shape index (κ3) is 4.86. The molecule has 134 valence electrons. The number of cyclic esters (lactones) is 1. The van der Waals surface area contributed by atoms with Gasteiger partial charge in [0.05, 0.1) is 5.02 Å². The van der Waals surface area contributed by atoms with Crippen LogP contribution in [0.25, 0.3) is 0 Å². The van der Waals surface area contributed by atoms with Crippen molar-refractivity contribution in [2.45, 2.75) is 38.7 Å². The molecular formula is C19H22ClNO4. The smallest absolute Gasteiger partial charge is 0.342 e. The van der Waals surface area contributed by atoms with Gasteiger partial charge in [0.15, 0.2) is 0 Å². The molecule has 6 heteroatoms. The Balaban J connectivity index is 2.54. The molecular weight excluding hydrogens is 342 g/mol. The van der Waals surface area contributed by atoms with Crippen LogP contribution in [-0.2, 0) is 11.2 Å². The fourth-order valence-corrected chi connectivity index (χ4v) is 2.79. The average molecular weight is 364 g/mol. The highest BCUT2D eigenvalue weighted by Gasteiger charge is 2.25. The first kappa shape index (κ1) is 19.1. The van der Waals surface area contributed by atoms with E-state index in [1.54, 1.807) is 14.0 Å². The molecule has 0 fully saturated rings. The van der Waals surface area contributed by atoms with Crippen LogP contribution in [0.15, 0.2) is 35.4 Å². The predicted octanol–water partition coefficient (Wildman–Crippen LogP) is 4.21. The lowest BCUT2D eigenvalue weighted by Gasteiger charge is -2.17. The van der Waals surface area contributed by atoms with Crippen molar-refractivity contribution < 1.29 is 19.7 Å². The van der Waals surface area contributed by atoms with Gasteiger partial charge in [0, 0.05) is 31.7 Å². The number of allylic oxidation sites excluding steroid dienone is 3. The Bertz CT molecular complexity index is 737. The Hall–Kier alpha value is -2.27. The van der Waals surface area contributed by atoms with Crippen LogP contribution >= 0.6 is 11.6 Å². The van der Waals surface area contributed by atoms with Crippen molar-refractivity contribution >= 4 is 23.3 Å². The number of carbonyl (C=O) groups excluding carboxylic acids is 1. The number of hydrogen-bond acceptors (Lipinski definition) is 5. The zero-order chi connectivity index (χ0) is 18.4. The summed E-state index contributed by atoms with van der Waals surface area (Å²) in [5.41, 5.74) is 0.939. The second-order valence-electron chi connectivity index (χ2n) is 5.88. The first-order valence-corrected chi connectivity index (χ1v) is 8.53. The van der Waals surface area contributed by atoms with Crippen molar-refractivity contribution in [3.05, 3.63) is 46.5 Å². The summed E-state index contributed by atoms with van der Waals surface area (Å²) in [7, 11) is 1.64. The molecule has 0 unspecified atom stereocenters. The number of phenols is 2. The lowest BCUT2D eigenvalue weighted by molar-refractivity contribution is 0.0343. The molecule has 1 heterocycles. The SMILES string of the molecule is CN=C1/C=C/CC/C=C/C[C@@H](C)OC(=O)c2c(O)cc(O)c(Cl)c2C1. The number of aliphatic imine (C=N–C) groups is 1. The summed E-state index contributed by atoms with van der Waals surface area (Å²) in [6, 6.07) is 1.05. The van der Waals surface area contributed by atoms with E-state index in [0.717, 1.165) is 18.9 Å². The van der Waals surface area contributed by atoms with Gasteiger partial charge in [-0.15, -0.1) is 0 Å². The van der Waals surface area contributed by atoms with Gasteiger partial charge in [-0.05, 0) is 31.4 Å². The van der Waals surface area contributed by atoms with Crippen LogP contribution < -0.4 is 0 Å². The van der Waals surface area contributed by atoms with Gasteiger partial charge in [-0.25, -0.2) is 4.79 Å². The minimum Gasteiger partial charge on any atom is -0.507 e. The fourth-order valence-electron chi connectivity index (χ4n) is 2.58. The van der Waals surface area contributed by atoms with E-state index in [-0.39, 0.29) is 34.6 Å². The molecule has 0 saturated carbocycles. The van der Waals surface area contributed by atoms with Gasteiger partial charge in [-0.2, -0.15) is 0 Å². The summed E-state index contributed by atoms with van der Waals surface area (Å²) >= 11 is 6.20. The second kappa shape index (κ2) is 8.72. The highest BCUT2D eigenvalue weighted by molar-refractivity contribution is 6.33. The fraction of sp³-hybridized carbons (Fsp3) is 0.368. The largest absolute Gasteiger partial charge is 0.507 e. The molecule has 0 amide bonds. The van der Waals surface area contributed by atoms with E-state index >= 15 is 0 Å². The van der Waals surface area contributed by atoms with Crippen LogP contribution in [0.1, 0.15) is 42.1 Å². The first-order chi connectivity index (χ1) is 11.9. The Labute approximate surface area is 152 Å². The monoisotopic (exact) mass is 363 g/mol. The van der Waals surface area contributed by atoms with Gasteiger partial charge in [0.2, 0.25) is 0 Å². The zero-order valence-electron chi connectivity index (χ0n) is 14.3. The van der Waals surface area contributed by atoms with E-state index in [1.165, 1.54) is 0 Å². The van der Waals surface area contributed by atoms with Gasteiger partial charge in [-0.1, -0.05) is 29.8 Å². The number of hydrogen-bond donors (Lipinski definition) is 2. The normalized spacial score (nSPS) is 23.4. The molecule has 1 aliphatic rings. The molecule has 2 N–H and O–H groups in total. The van der Waals surface area contributed by atoms with Crippen molar-refractivity contribution in [3.63, 3.8) is 0 Å². The molecule has 0 aliphatic carbocycles. The average Bonchev–Trinajstić information content (AvgIpc) is 2.56. The molecule has 1 aliphatic heterocycles. The number of halogens is 1. The van der Waals surface area contributed by atoms with E-state index in [1.807, 2.05) is 24.3 Å². The van der Waals surface area contributed by atoms with Crippen LogP contribution in [0.4, 0.5) is 0 Å². The molecule has 1 aromatic carbocycles. The van der Waals surface area contributed by atoms with E-state index in [4.69, 9.17) is 16.3 Å². The van der Waals surface area contributed by atoms with E-state index in [9.17, 15) is 15.0 Å². The third-order valence-corrected chi connectivity index (χ3v) is 4.35. The van der Waals surface area contributed by atoms with Crippen LogP contribution in [0, 0.1) is 0 Å². The highest BCUT2D eigenvalue weighted by atomic mass is 35.5. The molecule has 1 aromatic rings. The van der Waals surface area contributed by atoms with Crippen molar-refractivity contribution in [2.75, 3.05) is 7.05 Å². The van der Waals surface area contributed by atoms with E-state index in [2.05, 4.69) is 4.99 Å². The van der Waals surface area contributed by atoms with Crippen molar-refractivity contribution in [1.82, 2.24) is 0 Å². The molecule has 0 radical (unpaired) electrons. The molecule has 2 rings (SSSR count). The Morgan fingerprint density at radius 1 is 1.20 bits per heavy atom. The number of aromatic hydroxyl groups is 2. The number of benzene rings is 1. The molecule has 0 bridgehead atoms. The Morgan fingerprint density at radius 2 is 1.92 bits per heavy atom. The number of fused-ring (bicyclic) bond motifs is 1. The van der Waals surface area contributed by atoms with Crippen LogP contribution in [-0.4, -0.2) is 35.0 Å². The molecule has 1 atom stereocenters. The second-order valence-corrected chi connectivity index (χ2v) is 6.25. The predicted molar refractivity (Wildman–Crippen MR) is 98.9 cm³/mol. The topological polar surface area (TPSA) is 79.1 Å². The summed E-state index contributed by atoms with van der Waals surface area (Å²) in [5.74, 6) is -1.33. The highest BCUT2D eigenvalue weighted by Crippen LogP contribution is 2.37. The number of esters is 1. The van der Waals surface area contributed by atoms with Gasteiger partial charge < -0.3 is 14.9 Å². The summed E-state index contributed by atoms with van der Waals surface area (Å²) in [6.07, 6.45) is 10.0. The Kier molecular flexibility index (Phi) is 6.65. The van der Waals surface area contributed by atoms with Crippen molar-refractivity contribution in [1.29, 1.82) is 0 Å². The number of carbonyl (C=O) groups is 1. The molecule has 0 aromatic heterocycles. The Morgan fingerprint density at radius 3 is 2.64 bits per heavy atom. The summed E-state index contributed by atoms with van der Waals surface area (Å²) in [5, 5.41) is 20.1. The first-order valence-electron chi connectivity index (χ1n) is 8.15. The minimum atomic E-state index is -0.674. The lowest BCUT2D eigenvalue weighted by Crippen LogP contribution is -2.17. The van der Waals surface area contributed by atoms with E-state index in [0.29, 0.717) is 17.7 Å². The maximum Gasteiger partial charge on any atom is 0.342 e. The van der Waals surface area contributed by atoms with Crippen LogP contribution in [0.5, 0.6) is 11.5 Å². The number of phenolic OH excluding ortho intramolecular Hbond substituents is 2. The standard InChI is InChI=1S/C19H22ClNO4/c1-12-8-6-4-3-5-7-9-13(21-2)10-14-17(19(24)25-12)15(22)11-16(23)18(14)20/h4,6-7,9,11-12,22-23H,3,5,8,10H2,1-2H3/b6-4+,9-7+,21-13?/t12-/m1/s1. The number of nitrogens with zero attached hydrogens (tertiary/aromatic N) is 1. The quantitative estimate of drug-likeness (QED) is 0.534. The lowest BCUT2D eigenvalue weighted by atomic mass is 9.99. The van der Waals surface area contributed by atoms with Gasteiger partial charge in [-0.3, -0.25) is 4.99 Å².